The fourth-order valence-corrected chi connectivity index (χ4v) is 4.66. The summed E-state index contributed by atoms with van der Waals surface area (Å²) in [4.78, 5) is 28.0. The first-order valence-corrected chi connectivity index (χ1v) is 10.9. The minimum Gasteiger partial charge on any atom is -0.381 e. The lowest BCUT2D eigenvalue weighted by atomic mass is 9.84. The Morgan fingerprint density at radius 2 is 1.80 bits per heavy atom. The highest BCUT2D eigenvalue weighted by Gasteiger charge is 2.46. The van der Waals surface area contributed by atoms with Gasteiger partial charge in [-0.25, -0.2) is 0 Å². The average molecular weight is 407 g/mol. The second-order valence-electron chi connectivity index (χ2n) is 8.55. The third-order valence-corrected chi connectivity index (χ3v) is 6.42. The summed E-state index contributed by atoms with van der Waals surface area (Å²) in [6.07, 6.45) is 3.53. The summed E-state index contributed by atoms with van der Waals surface area (Å²) < 4.78 is 5.58. The van der Waals surface area contributed by atoms with Crippen molar-refractivity contribution in [3.63, 3.8) is 0 Å². The van der Waals surface area contributed by atoms with Gasteiger partial charge >= 0.3 is 0 Å². The molecule has 2 aliphatic heterocycles. The molecule has 2 heterocycles. The predicted octanol–water partition coefficient (Wildman–Crippen LogP) is 3.72. The molecule has 1 unspecified atom stereocenters. The maximum absolute atomic E-state index is 13.1. The van der Waals surface area contributed by atoms with Gasteiger partial charge in [-0.1, -0.05) is 48.5 Å². The Hall–Kier alpha value is -2.66. The molecule has 1 atom stereocenters. The van der Waals surface area contributed by atoms with E-state index >= 15 is 0 Å². The topological polar surface area (TPSA) is 58.6 Å². The van der Waals surface area contributed by atoms with Crippen molar-refractivity contribution < 1.29 is 14.3 Å². The number of amides is 2. The highest BCUT2D eigenvalue weighted by molar-refractivity contribution is 5.99. The maximum atomic E-state index is 13.1. The van der Waals surface area contributed by atoms with Crippen LogP contribution in [0.1, 0.15) is 54.1 Å². The SMILES string of the molecule is CC(CCc1ccccc1)NC(=O)CC1(N2Cc3ccccc3C2=O)CCOCC1. The van der Waals surface area contributed by atoms with Crippen molar-refractivity contribution in [2.24, 2.45) is 0 Å². The third kappa shape index (κ3) is 4.41. The van der Waals surface area contributed by atoms with Gasteiger partial charge in [0, 0.05) is 31.4 Å². The zero-order valence-corrected chi connectivity index (χ0v) is 17.6. The Morgan fingerprint density at radius 3 is 2.53 bits per heavy atom. The molecular weight excluding hydrogens is 376 g/mol. The molecule has 1 fully saturated rings. The van der Waals surface area contributed by atoms with Gasteiger partial charge in [0.1, 0.15) is 0 Å². The average Bonchev–Trinajstić information content (AvgIpc) is 3.11. The first-order valence-electron chi connectivity index (χ1n) is 10.9. The van der Waals surface area contributed by atoms with Crippen LogP contribution in [0.15, 0.2) is 54.6 Å². The van der Waals surface area contributed by atoms with E-state index in [1.807, 2.05) is 54.3 Å². The Morgan fingerprint density at radius 1 is 1.10 bits per heavy atom. The van der Waals surface area contributed by atoms with Crippen LogP contribution in [0, 0.1) is 0 Å². The van der Waals surface area contributed by atoms with Crippen LogP contribution in [0.4, 0.5) is 0 Å². The first kappa shape index (κ1) is 20.6. The number of benzene rings is 2. The van der Waals surface area contributed by atoms with Crippen LogP contribution >= 0.6 is 0 Å². The van der Waals surface area contributed by atoms with Crippen molar-refractivity contribution >= 4 is 11.8 Å². The van der Waals surface area contributed by atoms with Gasteiger partial charge in [-0.3, -0.25) is 9.59 Å². The molecule has 30 heavy (non-hydrogen) atoms. The van der Waals surface area contributed by atoms with Gasteiger partial charge in [0.2, 0.25) is 5.91 Å². The first-order chi connectivity index (χ1) is 14.6. The Bertz CT molecular complexity index is 890. The van der Waals surface area contributed by atoms with Crippen molar-refractivity contribution in [1.29, 1.82) is 0 Å². The number of rotatable bonds is 7. The number of carbonyl (C=O) groups excluding carboxylic acids is 2. The predicted molar refractivity (Wildman–Crippen MR) is 116 cm³/mol. The number of hydrogen-bond acceptors (Lipinski definition) is 3. The molecular formula is C25H30N2O3. The van der Waals surface area contributed by atoms with E-state index in [1.165, 1.54) is 5.56 Å². The summed E-state index contributed by atoms with van der Waals surface area (Å²) in [6.45, 7) is 3.79. The van der Waals surface area contributed by atoms with Crippen molar-refractivity contribution in [1.82, 2.24) is 10.2 Å². The zero-order chi connectivity index (χ0) is 21.0. The normalized spacial score (nSPS) is 18.7. The standard InChI is InChI=1S/C25H30N2O3/c1-19(11-12-20-7-3-2-4-8-20)26-23(28)17-25(13-15-30-16-14-25)27-18-21-9-5-6-10-22(21)24(27)29/h2-10,19H,11-18H2,1H3,(H,26,28). The lowest BCUT2D eigenvalue weighted by molar-refractivity contribution is -0.126. The smallest absolute Gasteiger partial charge is 0.254 e. The molecule has 0 spiro atoms. The van der Waals surface area contributed by atoms with Crippen molar-refractivity contribution in [3.8, 4) is 0 Å². The number of hydrogen-bond donors (Lipinski definition) is 1. The lowest BCUT2D eigenvalue weighted by Gasteiger charge is -2.44. The maximum Gasteiger partial charge on any atom is 0.254 e. The Kier molecular flexibility index (Phi) is 6.18. The molecule has 0 saturated carbocycles. The van der Waals surface area contributed by atoms with E-state index in [4.69, 9.17) is 4.74 Å². The van der Waals surface area contributed by atoms with Gasteiger partial charge in [-0.05, 0) is 49.8 Å². The van der Waals surface area contributed by atoms with Crippen LogP contribution in [0.5, 0.6) is 0 Å². The molecule has 0 aromatic heterocycles. The number of carbonyl (C=O) groups is 2. The Balaban J connectivity index is 1.40. The number of fused-ring (bicyclic) bond motifs is 1. The quantitative estimate of drug-likeness (QED) is 0.762. The van der Waals surface area contributed by atoms with E-state index < -0.39 is 5.54 Å². The third-order valence-electron chi connectivity index (χ3n) is 6.42. The molecule has 5 nitrogen and oxygen atoms in total. The van der Waals surface area contributed by atoms with E-state index in [-0.39, 0.29) is 17.9 Å². The van der Waals surface area contributed by atoms with Crippen LogP contribution < -0.4 is 5.32 Å². The van der Waals surface area contributed by atoms with Gasteiger partial charge in [0.25, 0.3) is 5.91 Å². The summed E-state index contributed by atoms with van der Waals surface area (Å²) in [7, 11) is 0. The monoisotopic (exact) mass is 406 g/mol. The minimum absolute atomic E-state index is 0.0150. The van der Waals surface area contributed by atoms with Gasteiger partial charge in [-0.15, -0.1) is 0 Å². The number of nitrogens with zero attached hydrogens (tertiary/aromatic N) is 1. The van der Waals surface area contributed by atoms with E-state index in [0.29, 0.717) is 39.0 Å². The minimum atomic E-state index is -0.475. The molecule has 1 N–H and O–H groups in total. The van der Waals surface area contributed by atoms with Crippen LogP contribution in [0.2, 0.25) is 0 Å². The molecule has 0 aliphatic carbocycles. The van der Waals surface area contributed by atoms with Crippen LogP contribution in [-0.4, -0.2) is 41.5 Å². The van der Waals surface area contributed by atoms with Crippen LogP contribution in [0.3, 0.4) is 0 Å². The van der Waals surface area contributed by atoms with Crippen LogP contribution in [0.25, 0.3) is 0 Å². The molecule has 0 radical (unpaired) electrons. The van der Waals surface area contributed by atoms with Crippen molar-refractivity contribution in [3.05, 3.63) is 71.3 Å². The number of aryl methyl sites for hydroxylation is 1. The molecule has 2 aliphatic rings. The van der Waals surface area contributed by atoms with Crippen molar-refractivity contribution in [2.75, 3.05) is 13.2 Å². The summed E-state index contributed by atoms with van der Waals surface area (Å²) in [5.41, 5.74) is 2.61. The van der Waals surface area contributed by atoms with Crippen LogP contribution in [-0.2, 0) is 22.5 Å². The Labute approximate surface area is 178 Å². The molecule has 2 aromatic carbocycles. The number of ether oxygens (including phenoxy) is 1. The highest BCUT2D eigenvalue weighted by atomic mass is 16.5. The molecule has 2 aromatic rings. The van der Waals surface area contributed by atoms with E-state index in [2.05, 4.69) is 17.4 Å². The lowest BCUT2D eigenvalue weighted by Crippen LogP contribution is -2.55. The van der Waals surface area contributed by atoms with Gasteiger partial charge in [-0.2, -0.15) is 0 Å². The summed E-state index contributed by atoms with van der Waals surface area (Å²) in [5, 5.41) is 3.16. The second-order valence-corrected chi connectivity index (χ2v) is 8.55. The highest BCUT2D eigenvalue weighted by Crippen LogP contribution is 2.38. The summed E-state index contributed by atoms with van der Waals surface area (Å²) in [6, 6.07) is 18.2. The van der Waals surface area contributed by atoms with E-state index in [1.54, 1.807) is 0 Å². The second kappa shape index (κ2) is 9.00. The molecule has 158 valence electrons. The largest absolute Gasteiger partial charge is 0.381 e. The van der Waals surface area contributed by atoms with Gasteiger partial charge in [0.15, 0.2) is 0 Å². The molecule has 1 saturated heterocycles. The summed E-state index contributed by atoms with van der Waals surface area (Å²) >= 11 is 0. The molecule has 4 rings (SSSR count). The van der Waals surface area contributed by atoms with E-state index in [0.717, 1.165) is 24.0 Å². The fraction of sp³-hybridized carbons (Fsp3) is 0.440. The number of nitrogens with one attached hydrogen (secondary N) is 1. The summed E-state index contributed by atoms with van der Waals surface area (Å²) in [5.74, 6) is 0.0543. The molecule has 5 heteroatoms. The molecule has 0 bridgehead atoms. The van der Waals surface area contributed by atoms with Gasteiger partial charge in [0.05, 0.1) is 12.0 Å². The van der Waals surface area contributed by atoms with Gasteiger partial charge < -0.3 is 15.0 Å². The van der Waals surface area contributed by atoms with Crippen molar-refractivity contribution in [2.45, 2.75) is 57.2 Å². The zero-order valence-electron chi connectivity index (χ0n) is 17.6. The molecule has 2 amide bonds. The van der Waals surface area contributed by atoms with E-state index in [9.17, 15) is 9.59 Å². The fourth-order valence-electron chi connectivity index (χ4n) is 4.66.